The number of hydrogen-bond acceptors (Lipinski definition) is 5. The van der Waals surface area contributed by atoms with Gasteiger partial charge in [0, 0.05) is 36.9 Å². The van der Waals surface area contributed by atoms with Gasteiger partial charge in [-0.3, -0.25) is 4.79 Å². The molecule has 7 heteroatoms. The van der Waals surface area contributed by atoms with E-state index in [9.17, 15) is 9.59 Å². The second-order valence-electron chi connectivity index (χ2n) is 5.71. The Morgan fingerprint density at radius 2 is 2.08 bits per heavy atom. The van der Waals surface area contributed by atoms with Crippen LogP contribution in [-0.2, 0) is 16.6 Å². The quantitative estimate of drug-likeness (QED) is 0.660. The molecule has 128 valence electrons. The molecule has 0 atom stereocenters. The van der Waals surface area contributed by atoms with E-state index in [1.165, 1.54) is 16.2 Å². The van der Waals surface area contributed by atoms with Crippen molar-refractivity contribution in [2.75, 3.05) is 20.2 Å². The first-order valence-corrected chi connectivity index (χ1v) is 8.59. The van der Waals surface area contributed by atoms with Gasteiger partial charge < -0.3 is 14.2 Å². The number of likely N-dealkylation sites (N-methyl/N-ethyl adjacent to an activating group) is 1. The maximum atomic E-state index is 12.3. The maximum absolute atomic E-state index is 12.3. The van der Waals surface area contributed by atoms with Gasteiger partial charge in [0.2, 0.25) is 0 Å². The number of hydrogen-bond donors (Lipinski definition) is 0. The van der Waals surface area contributed by atoms with Gasteiger partial charge in [0.1, 0.15) is 9.71 Å². The first kappa shape index (κ1) is 17.0. The lowest BCUT2D eigenvalue weighted by Gasteiger charge is -2.14. The Labute approximate surface area is 148 Å². The Morgan fingerprint density at radius 1 is 1.32 bits per heavy atom. The number of ether oxygens (including phenoxy) is 1. The van der Waals surface area contributed by atoms with Crippen LogP contribution >= 0.6 is 11.3 Å². The standard InChI is InChI=1S/C18H17N3O3S/c1-20(9-5-8-19)16(22)11-24-18(23)15-10-13-12-6-3-4-7-14(12)21(2)17(13)25-15/h3-4,6-7,10H,5,9,11H2,1-2H3. The predicted molar refractivity (Wildman–Crippen MR) is 96.5 cm³/mol. The number of benzene rings is 1. The van der Waals surface area contributed by atoms with E-state index in [2.05, 4.69) is 0 Å². The minimum atomic E-state index is -0.507. The molecule has 0 radical (unpaired) electrons. The lowest BCUT2D eigenvalue weighted by molar-refractivity contribution is -0.133. The summed E-state index contributed by atoms with van der Waals surface area (Å²) in [5.74, 6) is -0.831. The van der Waals surface area contributed by atoms with Crippen LogP contribution < -0.4 is 0 Å². The number of nitriles is 1. The maximum Gasteiger partial charge on any atom is 0.348 e. The van der Waals surface area contributed by atoms with E-state index in [-0.39, 0.29) is 18.9 Å². The minimum absolute atomic E-state index is 0.250. The highest BCUT2D eigenvalue weighted by Crippen LogP contribution is 2.34. The van der Waals surface area contributed by atoms with Crippen LogP contribution in [0.3, 0.4) is 0 Å². The summed E-state index contributed by atoms with van der Waals surface area (Å²) in [7, 11) is 3.54. The fourth-order valence-electron chi connectivity index (χ4n) is 2.68. The van der Waals surface area contributed by atoms with Crippen molar-refractivity contribution in [2.24, 2.45) is 7.05 Å². The van der Waals surface area contributed by atoms with Crippen molar-refractivity contribution in [3.8, 4) is 6.07 Å². The third kappa shape index (κ3) is 3.21. The van der Waals surface area contributed by atoms with Crippen LogP contribution in [0.1, 0.15) is 16.1 Å². The molecule has 0 saturated heterocycles. The van der Waals surface area contributed by atoms with E-state index in [1.54, 1.807) is 7.05 Å². The zero-order valence-electron chi connectivity index (χ0n) is 14.0. The van der Waals surface area contributed by atoms with E-state index >= 15 is 0 Å². The number of aromatic nitrogens is 1. The highest BCUT2D eigenvalue weighted by atomic mass is 32.1. The van der Waals surface area contributed by atoms with Crippen molar-refractivity contribution in [2.45, 2.75) is 6.42 Å². The topological polar surface area (TPSA) is 75.3 Å². The lowest BCUT2D eigenvalue weighted by Crippen LogP contribution is -2.31. The zero-order chi connectivity index (χ0) is 18.0. The Kier molecular flexibility index (Phi) is 4.72. The largest absolute Gasteiger partial charge is 0.451 e. The molecule has 0 saturated carbocycles. The second kappa shape index (κ2) is 6.95. The van der Waals surface area contributed by atoms with Gasteiger partial charge >= 0.3 is 5.97 Å². The van der Waals surface area contributed by atoms with Crippen LogP contribution in [0.15, 0.2) is 30.3 Å². The fraction of sp³-hybridized carbons (Fsp3) is 0.278. The molecule has 0 aliphatic heterocycles. The molecule has 3 rings (SSSR count). The molecule has 0 unspecified atom stereocenters. The molecule has 0 bridgehead atoms. The van der Waals surface area contributed by atoms with Gasteiger partial charge in [-0.05, 0) is 12.1 Å². The van der Waals surface area contributed by atoms with Gasteiger partial charge in [-0.1, -0.05) is 18.2 Å². The van der Waals surface area contributed by atoms with E-state index in [0.717, 1.165) is 21.1 Å². The number of carbonyl (C=O) groups is 2. The molecule has 0 aliphatic carbocycles. The summed E-state index contributed by atoms with van der Waals surface area (Å²) >= 11 is 1.35. The van der Waals surface area contributed by atoms with Crippen molar-refractivity contribution in [3.05, 3.63) is 35.2 Å². The SMILES string of the molecule is CN(CCC#N)C(=O)COC(=O)c1cc2c3ccccc3n(C)c2s1. The predicted octanol–water partition coefficient (Wildman–Crippen LogP) is 2.92. The average Bonchev–Trinajstić information content (AvgIpc) is 3.17. The molecule has 1 amide bonds. The van der Waals surface area contributed by atoms with Crippen LogP contribution in [0, 0.1) is 11.3 Å². The third-order valence-corrected chi connectivity index (χ3v) is 5.28. The molecule has 0 aliphatic rings. The highest BCUT2D eigenvalue weighted by molar-refractivity contribution is 7.20. The van der Waals surface area contributed by atoms with Crippen LogP contribution in [-0.4, -0.2) is 41.5 Å². The molecular formula is C18H17N3O3S. The number of rotatable bonds is 5. The lowest BCUT2D eigenvalue weighted by atomic mass is 10.2. The van der Waals surface area contributed by atoms with Gasteiger partial charge in [0.05, 0.1) is 12.5 Å². The number of para-hydroxylation sites is 1. The summed E-state index contributed by atoms with van der Waals surface area (Å²) < 4.78 is 7.18. The van der Waals surface area contributed by atoms with Crippen LogP contribution in [0.25, 0.3) is 21.1 Å². The summed E-state index contributed by atoms with van der Waals surface area (Å²) in [4.78, 5) is 27.0. The third-order valence-electron chi connectivity index (χ3n) is 4.09. The zero-order valence-corrected chi connectivity index (χ0v) is 14.8. The second-order valence-corrected chi connectivity index (χ2v) is 6.74. The van der Waals surface area contributed by atoms with Crippen molar-refractivity contribution >= 4 is 44.3 Å². The van der Waals surface area contributed by atoms with E-state index in [0.29, 0.717) is 11.4 Å². The molecule has 25 heavy (non-hydrogen) atoms. The average molecular weight is 355 g/mol. The van der Waals surface area contributed by atoms with Crippen molar-refractivity contribution < 1.29 is 14.3 Å². The number of aryl methyl sites for hydroxylation is 1. The molecule has 2 heterocycles. The van der Waals surface area contributed by atoms with Crippen LogP contribution in [0.2, 0.25) is 0 Å². The van der Waals surface area contributed by atoms with Crippen LogP contribution in [0.4, 0.5) is 0 Å². The first-order valence-electron chi connectivity index (χ1n) is 7.78. The summed E-state index contributed by atoms with van der Waals surface area (Å²) in [6.45, 7) is -0.00246. The number of esters is 1. The minimum Gasteiger partial charge on any atom is -0.451 e. The molecule has 3 aromatic rings. The molecule has 6 nitrogen and oxygen atoms in total. The van der Waals surface area contributed by atoms with Gasteiger partial charge in [-0.15, -0.1) is 11.3 Å². The highest BCUT2D eigenvalue weighted by Gasteiger charge is 2.18. The van der Waals surface area contributed by atoms with Gasteiger partial charge in [0.25, 0.3) is 5.91 Å². The normalized spacial score (nSPS) is 10.8. The number of fused-ring (bicyclic) bond motifs is 3. The fourth-order valence-corrected chi connectivity index (χ4v) is 3.72. The Morgan fingerprint density at radius 3 is 2.84 bits per heavy atom. The summed E-state index contributed by atoms with van der Waals surface area (Å²) in [6, 6.07) is 11.8. The number of nitrogens with zero attached hydrogens (tertiary/aromatic N) is 3. The Bertz CT molecular complexity index is 996. The van der Waals surface area contributed by atoms with Gasteiger partial charge in [-0.25, -0.2) is 4.79 Å². The van der Waals surface area contributed by atoms with Crippen LogP contribution in [0.5, 0.6) is 0 Å². The smallest absolute Gasteiger partial charge is 0.348 e. The molecular weight excluding hydrogens is 338 g/mol. The van der Waals surface area contributed by atoms with Crippen molar-refractivity contribution in [1.82, 2.24) is 9.47 Å². The molecule has 0 N–H and O–H groups in total. The molecule has 2 aromatic heterocycles. The van der Waals surface area contributed by atoms with E-state index in [4.69, 9.17) is 10.00 Å². The Hall–Kier alpha value is -2.85. The Balaban J connectivity index is 1.74. The number of carbonyl (C=O) groups excluding carboxylic acids is 2. The van der Waals surface area contributed by atoms with E-state index < -0.39 is 5.97 Å². The van der Waals surface area contributed by atoms with Gasteiger partial charge in [0.15, 0.2) is 6.61 Å². The summed E-state index contributed by atoms with van der Waals surface area (Å²) in [5, 5.41) is 10.6. The molecule has 0 fully saturated rings. The number of amides is 1. The van der Waals surface area contributed by atoms with Crippen molar-refractivity contribution in [3.63, 3.8) is 0 Å². The van der Waals surface area contributed by atoms with Crippen molar-refractivity contribution in [1.29, 1.82) is 5.26 Å². The number of thiophene rings is 1. The van der Waals surface area contributed by atoms with Gasteiger partial charge in [-0.2, -0.15) is 5.26 Å². The van der Waals surface area contributed by atoms with E-state index in [1.807, 2.05) is 48.0 Å². The summed E-state index contributed by atoms with van der Waals surface area (Å²) in [5.41, 5.74) is 1.11. The first-order chi connectivity index (χ1) is 12.0. The molecule has 0 spiro atoms. The molecule has 1 aromatic carbocycles. The monoisotopic (exact) mass is 355 g/mol. The summed E-state index contributed by atoms with van der Waals surface area (Å²) in [6.07, 6.45) is 0.250.